The third-order valence-electron chi connectivity index (χ3n) is 6.73. The van der Waals surface area contributed by atoms with E-state index >= 15 is 0 Å². The third-order valence-corrected chi connectivity index (χ3v) is 7.47. The molecule has 0 saturated carbocycles. The molecule has 2 heterocycles. The van der Waals surface area contributed by atoms with Gasteiger partial charge in [-0.25, -0.2) is 0 Å². The summed E-state index contributed by atoms with van der Waals surface area (Å²) in [6.07, 6.45) is 7.09. The number of nitrogens with zero attached hydrogens (tertiary/aromatic N) is 1. The predicted molar refractivity (Wildman–Crippen MR) is 131 cm³/mol. The van der Waals surface area contributed by atoms with Gasteiger partial charge in [0.05, 0.1) is 22.2 Å². The Morgan fingerprint density at radius 1 is 0.970 bits per heavy atom. The lowest BCUT2D eigenvalue weighted by Crippen LogP contribution is -2.51. The Hall–Kier alpha value is -2.24. The summed E-state index contributed by atoms with van der Waals surface area (Å²) in [5, 5.41) is 3.97. The molecule has 1 saturated heterocycles. The van der Waals surface area contributed by atoms with E-state index in [0.29, 0.717) is 53.2 Å². The summed E-state index contributed by atoms with van der Waals surface area (Å²) in [4.78, 5) is 28.2. The first kappa shape index (κ1) is 23.9. The number of nitrogens with one attached hydrogen (secondary N) is 1. The normalized spacial score (nSPS) is 22.2. The van der Waals surface area contributed by atoms with E-state index in [1.165, 1.54) is 0 Å². The quantitative estimate of drug-likeness (QED) is 0.536. The molecule has 0 aliphatic carbocycles. The fraction of sp³-hybridized carbons (Fsp3) is 0.462. The van der Waals surface area contributed by atoms with Crippen molar-refractivity contribution in [1.29, 1.82) is 0 Å². The average molecular weight is 489 g/mol. The minimum absolute atomic E-state index is 0.0411. The van der Waals surface area contributed by atoms with Crippen LogP contribution in [0.3, 0.4) is 0 Å². The minimum atomic E-state index is -0.149. The number of amides is 2. The first-order chi connectivity index (χ1) is 16.0. The number of hydrogen-bond acceptors (Lipinski definition) is 3. The standard InChI is InChI=1S/C26H30Cl2N2O3/c27-21-11-10-19(16-22(21)28)25(32)30-14-7-13-26(18-30)12-5-1-2-6-15-33-23-9-4-3-8-20(23)24(31)29-17-26/h3-4,8-11,16H,1-2,5-7,12-15,17-18H2,(H,29,31). The Balaban J connectivity index is 1.53. The van der Waals surface area contributed by atoms with Gasteiger partial charge in [0.1, 0.15) is 5.75 Å². The summed E-state index contributed by atoms with van der Waals surface area (Å²) in [6.45, 7) is 2.46. The molecule has 2 aliphatic rings. The molecule has 1 atom stereocenters. The lowest BCUT2D eigenvalue weighted by molar-refractivity contribution is 0.0471. The molecule has 1 fully saturated rings. The lowest BCUT2D eigenvalue weighted by Gasteiger charge is -2.43. The maximum atomic E-state index is 13.3. The summed E-state index contributed by atoms with van der Waals surface area (Å²) in [6, 6.07) is 12.4. The van der Waals surface area contributed by atoms with Crippen molar-refractivity contribution < 1.29 is 14.3 Å². The molecule has 0 radical (unpaired) electrons. The molecule has 1 unspecified atom stereocenters. The van der Waals surface area contributed by atoms with Gasteiger partial charge < -0.3 is 15.0 Å². The number of benzene rings is 2. The van der Waals surface area contributed by atoms with Gasteiger partial charge in [0.25, 0.3) is 11.8 Å². The number of hydrogen-bond donors (Lipinski definition) is 1. The minimum Gasteiger partial charge on any atom is -0.493 e. The molecule has 5 nitrogen and oxygen atoms in total. The van der Waals surface area contributed by atoms with Crippen LogP contribution >= 0.6 is 23.2 Å². The molecule has 2 amide bonds. The van der Waals surface area contributed by atoms with Crippen molar-refractivity contribution in [2.75, 3.05) is 26.2 Å². The number of carbonyl (C=O) groups excluding carboxylic acids is 2. The first-order valence-corrected chi connectivity index (χ1v) is 12.5. The van der Waals surface area contributed by atoms with Gasteiger partial charge in [-0.15, -0.1) is 0 Å². The number of halogens is 2. The van der Waals surface area contributed by atoms with Crippen LogP contribution in [0.5, 0.6) is 5.75 Å². The molecular weight excluding hydrogens is 459 g/mol. The Labute approximate surface area is 205 Å². The number of likely N-dealkylation sites (tertiary alicyclic amines) is 1. The van der Waals surface area contributed by atoms with Crippen LogP contribution in [0.25, 0.3) is 0 Å². The molecule has 4 rings (SSSR count). The van der Waals surface area contributed by atoms with E-state index in [9.17, 15) is 9.59 Å². The van der Waals surface area contributed by atoms with E-state index in [0.717, 1.165) is 44.9 Å². The van der Waals surface area contributed by atoms with Crippen LogP contribution in [0.4, 0.5) is 0 Å². The fourth-order valence-corrected chi connectivity index (χ4v) is 5.21. The number of carbonyl (C=O) groups is 2. The van der Waals surface area contributed by atoms with Crippen molar-refractivity contribution >= 4 is 35.0 Å². The molecule has 176 valence electrons. The van der Waals surface area contributed by atoms with Gasteiger partial charge in [-0.1, -0.05) is 54.6 Å². The fourth-order valence-electron chi connectivity index (χ4n) is 4.91. The Morgan fingerprint density at radius 2 is 1.76 bits per heavy atom. The van der Waals surface area contributed by atoms with Gasteiger partial charge in [0.15, 0.2) is 0 Å². The first-order valence-electron chi connectivity index (χ1n) is 11.7. The van der Waals surface area contributed by atoms with Crippen molar-refractivity contribution in [3.8, 4) is 5.75 Å². The zero-order valence-electron chi connectivity index (χ0n) is 18.7. The summed E-state index contributed by atoms with van der Waals surface area (Å²) >= 11 is 12.2. The van der Waals surface area contributed by atoms with E-state index < -0.39 is 0 Å². The van der Waals surface area contributed by atoms with Crippen molar-refractivity contribution in [1.82, 2.24) is 10.2 Å². The number of fused-ring (bicyclic) bond motifs is 1. The van der Waals surface area contributed by atoms with E-state index in [1.807, 2.05) is 23.1 Å². The topological polar surface area (TPSA) is 58.6 Å². The molecule has 0 aromatic heterocycles. The Bertz CT molecular complexity index is 1010. The highest BCUT2D eigenvalue weighted by Gasteiger charge is 2.37. The van der Waals surface area contributed by atoms with E-state index in [1.54, 1.807) is 24.3 Å². The molecule has 33 heavy (non-hydrogen) atoms. The van der Waals surface area contributed by atoms with Gasteiger partial charge in [0.2, 0.25) is 0 Å². The van der Waals surface area contributed by atoms with Crippen molar-refractivity contribution in [2.45, 2.75) is 44.9 Å². The summed E-state index contributed by atoms with van der Waals surface area (Å²) < 4.78 is 5.89. The van der Waals surface area contributed by atoms with E-state index in [-0.39, 0.29) is 17.2 Å². The lowest BCUT2D eigenvalue weighted by atomic mass is 9.75. The average Bonchev–Trinajstić information content (AvgIpc) is 2.84. The third kappa shape index (κ3) is 5.82. The molecule has 2 aliphatic heterocycles. The number of ether oxygens (including phenoxy) is 1. The Kier molecular flexibility index (Phi) is 7.82. The highest BCUT2D eigenvalue weighted by Crippen LogP contribution is 2.36. The van der Waals surface area contributed by atoms with Crippen LogP contribution in [-0.2, 0) is 0 Å². The largest absolute Gasteiger partial charge is 0.493 e. The smallest absolute Gasteiger partial charge is 0.255 e. The molecule has 1 spiro atoms. The molecular formula is C26H30Cl2N2O3. The second-order valence-electron chi connectivity index (χ2n) is 9.15. The van der Waals surface area contributed by atoms with Crippen molar-refractivity contribution in [3.63, 3.8) is 0 Å². The number of rotatable bonds is 1. The zero-order chi connectivity index (χ0) is 23.3. The SMILES string of the molecule is O=C1NCC2(CCCCCCOc3ccccc31)CCCN(C(=O)c1ccc(Cl)c(Cl)c1)C2. The Morgan fingerprint density at radius 3 is 2.61 bits per heavy atom. The molecule has 7 heteroatoms. The maximum absolute atomic E-state index is 13.3. The van der Waals surface area contributed by atoms with Crippen molar-refractivity contribution in [3.05, 3.63) is 63.6 Å². The van der Waals surface area contributed by atoms with Crippen LogP contribution in [0.2, 0.25) is 10.0 Å². The zero-order valence-corrected chi connectivity index (χ0v) is 20.3. The maximum Gasteiger partial charge on any atom is 0.255 e. The van der Waals surface area contributed by atoms with Crippen molar-refractivity contribution in [2.24, 2.45) is 5.41 Å². The summed E-state index contributed by atoms with van der Waals surface area (Å²) in [5.41, 5.74) is 0.955. The second-order valence-corrected chi connectivity index (χ2v) is 9.97. The van der Waals surface area contributed by atoms with Crippen LogP contribution in [-0.4, -0.2) is 43.0 Å². The molecule has 2 aromatic rings. The van der Waals surface area contributed by atoms with Gasteiger partial charge in [-0.05, 0) is 56.0 Å². The van der Waals surface area contributed by atoms with Gasteiger partial charge >= 0.3 is 0 Å². The monoisotopic (exact) mass is 488 g/mol. The highest BCUT2D eigenvalue weighted by atomic mass is 35.5. The van der Waals surface area contributed by atoms with Gasteiger partial charge in [0, 0.05) is 30.6 Å². The van der Waals surface area contributed by atoms with E-state index in [4.69, 9.17) is 27.9 Å². The molecule has 0 bridgehead atoms. The highest BCUT2D eigenvalue weighted by molar-refractivity contribution is 6.42. The van der Waals surface area contributed by atoms with Gasteiger partial charge in [-0.2, -0.15) is 0 Å². The molecule has 1 N–H and O–H groups in total. The van der Waals surface area contributed by atoms with Crippen LogP contribution < -0.4 is 10.1 Å². The van der Waals surface area contributed by atoms with Crippen LogP contribution in [0, 0.1) is 5.41 Å². The summed E-state index contributed by atoms with van der Waals surface area (Å²) in [5.74, 6) is 0.459. The second kappa shape index (κ2) is 10.8. The summed E-state index contributed by atoms with van der Waals surface area (Å²) in [7, 11) is 0. The predicted octanol–water partition coefficient (Wildman–Crippen LogP) is 5.99. The molecule has 2 aromatic carbocycles. The van der Waals surface area contributed by atoms with E-state index in [2.05, 4.69) is 5.32 Å². The number of para-hydroxylation sites is 1. The van der Waals surface area contributed by atoms with Crippen LogP contribution in [0.15, 0.2) is 42.5 Å². The number of piperidine rings is 1. The van der Waals surface area contributed by atoms with Crippen LogP contribution in [0.1, 0.15) is 65.7 Å². The van der Waals surface area contributed by atoms with Gasteiger partial charge in [-0.3, -0.25) is 9.59 Å².